The zero-order valence-electron chi connectivity index (χ0n) is 18.4. The van der Waals surface area contributed by atoms with Gasteiger partial charge in [0.1, 0.15) is 5.01 Å². The normalized spacial score (nSPS) is 15.2. The lowest BCUT2D eigenvalue weighted by Gasteiger charge is -2.34. The number of carbonyl (C=O) groups excluding carboxylic acids is 1. The molecule has 2 heterocycles. The zero-order valence-corrected chi connectivity index (χ0v) is 20.8. The summed E-state index contributed by atoms with van der Waals surface area (Å²) >= 11 is 7.60. The van der Waals surface area contributed by atoms with E-state index in [1.807, 2.05) is 29.2 Å². The van der Waals surface area contributed by atoms with Crippen molar-refractivity contribution in [3.8, 4) is 11.3 Å². The van der Waals surface area contributed by atoms with Gasteiger partial charge in [0.2, 0.25) is 10.0 Å². The lowest BCUT2D eigenvalue weighted by atomic mass is 10.2. The van der Waals surface area contributed by atoms with Crippen molar-refractivity contribution in [1.82, 2.24) is 19.1 Å². The Labute approximate surface area is 203 Å². The summed E-state index contributed by atoms with van der Waals surface area (Å²) in [6.45, 7) is 3.50. The Hall–Kier alpha value is -2.30. The molecule has 1 amide bonds. The fourth-order valence-electron chi connectivity index (χ4n) is 3.60. The molecule has 0 radical (unpaired) electrons. The van der Waals surface area contributed by atoms with Crippen LogP contribution in [0.2, 0.25) is 5.02 Å². The Balaban J connectivity index is 1.32. The van der Waals surface area contributed by atoms with Gasteiger partial charge in [-0.3, -0.25) is 9.69 Å². The van der Waals surface area contributed by atoms with Gasteiger partial charge in [0, 0.05) is 61.8 Å². The number of amides is 1. The predicted molar refractivity (Wildman–Crippen MR) is 131 cm³/mol. The third-order valence-corrected chi connectivity index (χ3v) is 8.50. The van der Waals surface area contributed by atoms with Crippen LogP contribution in [0.15, 0.2) is 58.8 Å². The van der Waals surface area contributed by atoms with Gasteiger partial charge < -0.3 is 4.90 Å². The molecule has 2 aromatic carbocycles. The van der Waals surface area contributed by atoms with Crippen molar-refractivity contribution in [2.24, 2.45) is 0 Å². The molecule has 0 spiro atoms. The van der Waals surface area contributed by atoms with Gasteiger partial charge in [-0.15, -0.1) is 11.3 Å². The average molecular weight is 505 g/mol. The van der Waals surface area contributed by atoms with Crippen molar-refractivity contribution in [1.29, 1.82) is 0 Å². The van der Waals surface area contributed by atoms with Crippen molar-refractivity contribution < 1.29 is 13.2 Å². The molecular formula is C23H25ClN4O3S2. The molecule has 0 bridgehead atoms. The number of nitrogens with zero attached hydrogens (tertiary/aromatic N) is 4. The molecule has 1 aliphatic heterocycles. The molecule has 1 aliphatic rings. The highest BCUT2D eigenvalue weighted by atomic mass is 35.5. The molecule has 0 unspecified atom stereocenters. The molecule has 1 aromatic heterocycles. The topological polar surface area (TPSA) is 73.8 Å². The number of hydrogen-bond acceptors (Lipinski definition) is 6. The molecule has 0 N–H and O–H groups in total. The molecule has 0 atom stereocenters. The maximum Gasteiger partial charge on any atom is 0.253 e. The predicted octanol–water partition coefficient (Wildman–Crippen LogP) is 3.67. The van der Waals surface area contributed by atoms with Crippen LogP contribution in [0, 0.1) is 0 Å². The molecule has 7 nitrogen and oxygen atoms in total. The number of aromatic nitrogens is 1. The first kappa shape index (κ1) is 23.8. The molecule has 174 valence electrons. The molecule has 3 aromatic rings. The van der Waals surface area contributed by atoms with Gasteiger partial charge in [-0.1, -0.05) is 23.7 Å². The summed E-state index contributed by atoms with van der Waals surface area (Å²) in [6, 6.07) is 13.8. The lowest BCUT2D eigenvalue weighted by Crippen LogP contribution is -2.48. The van der Waals surface area contributed by atoms with E-state index in [2.05, 4.69) is 10.3 Å². The van der Waals surface area contributed by atoms with Crippen LogP contribution in [-0.2, 0) is 16.6 Å². The van der Waals surface area contributed by atoms with Crippen LogP contribution in [-0.4, -0.2) is 73.7 Å². The minimum atomic E-state index is -3.51. The fraction of sp³-hybridized carbons (Fsp3) is 0.304. The third kappa shape index (κ3) is 5.44. The van der Waals surface area contributed by atoms with E-state index in [-0.39, 0.29) is 10.8 Å². The Morgan fingerprint density at radius 3 is 2.27 bits per heavy atom. The first-order valence-electron chi connectivity index (χ1n) is 10.5. The Kier molecular flexibility index (Phi) is 7.16. The molecule has 1 fully saturated rings. The van der Waals surface area contributed by atoms with E-state index < -0.39 is 10.0 Å². The largest absolute Gasteiger partial charge is 0.336 e. The summed E-state index contributed by atoms with van der Waals surface area (Å²) in [5.74, 6) is -0.0808. The summed E-state index contributed by atoms with van der Waals surface area (Å²) in [4.78, 5) is 21.9. The van der Waals surface area contributed by atoms with Gasteiger partial charge >= 0.3 is 0 Å². The summed E-state index contributed by atoms with van der Waals surface area (Å²) in [7, 11) is -0.540. The van der Waals surface area contributed by atoms with E-state index in [1.165, 1.54) is 26.2 Å². The molecule has 0 saturated carbocycles. The first-order valence-corrected chi connectivity index (χ1v) is 13.2. The summed E-state index contributed by atoms with van der Waals surface area (Å²) in [6.07, 6.45) is 0. The summed E-state index contributed by atoms with van der Waals surface area (Å²) < 4.78 is 25.6. The van der Waals surface area contributed by atoms with Gasteiger partial charge in [0.25, 0.3) is 5.91 Å². The number of benzene rings is 2. The highest BCUT2D eigenvalue weighted by Gasteiger charge is 2.24. The average Bonchev–Trinajstić information content (AvgIpc) is 3.28. The number of hydrogen-bond donors (Lipinski definition) is 0. The van der Waals surface area contributed by atoms with E-state index >= 15 is 0 Å². The van der Waals surface area contributed by atoms with Crippen LogP contribution in [0.3, 0.4) is 0 Å². The number of carbonyl (C=O) groups is 1. The molecule has 4 rings (SSSR count). The van der Waals surface area contributed by atoms with Gasteiger partial charge in [0.15, 0.2) is 0 Å². The van der Waals surface area contributed by atoms with E-state index in [4.69, 9.17) is 16.6 Å². The van der Waals surface area contributed by atoms with Crippen LogP contribution in [0.25, 0.3) is 11.3 Å². The quantitative estimate of drug-likeness (QED) is 0.512. The molecule has 10 heteroatoms. The Morgan fingerprint density at radius 1 is 1.03 bits per heavy atom. The van der Waals surface area contributed by atoms with Crippen molar-refractivity contribution in [2.45, 2.75) is 11.4 Å². The molecule has 0 aliphatic carbocycles. The first-order chi connectivity index (χ1) is 15.7. The smallest absolute Gasteiger partial charge is 0.253 e. The van der Waals surface area contributed by atoms with Gasteiger partial charge in [-0.05, 0) is 36.4 Å². The molecular weight excluding hydrogens is 480 g/mol. The van der Waals surface area contributed by atoms with Gasteiger partial charge in [-0.25, -0.2) is 17.7 Å². The van der Waals surface area contributed by atoms with E-state index in [1.54, 1.807) is 23.5 Å². The number of piperazine rings is 1. The maximum absolute atomic E-state index is 12.9. The number of halogens is 1. The molecule has 1 saturated heterocycles. The summed E-state index contributed by atoms with van der Waals surface area (Å²) in [5, 5.41) is 3.80. The molecule has 33 heavy (non-hydrogen) atoms. The van der Waals surface area contributed by atoms with Crippen LogP contribution in [0.5, 0.6) is 0 Å². The lowest BCUT2D eigenvalue weighted by molar-refractivity contribution is 0.0628. The van der Waals surface area contributed by atoms with Crippen LogP contribution < -0.4 is 0 Å². The number of thiazole rings is 1. The SMILES string of the molecule is CN(C)S(=O)(=O)c1ccc(C(=O)N2CCN(Cc3nc(-c4ccc(Cl)cc4)cs3)CC2)cc1. The highest BCUT2D eigenvalue weighted by molar-refractivity contribution is 7.89. The monoisotopic (exact) mass is 504 g/mol. The van der Waals surface area contributed by atoms with Crippen molar-refractivity contribution in [3.05, 3.63) is 69.5 Å². The van der Waals surface area contributed by atoms with Crippen LogP contribution in [0.1, 0.15) is 15.4 Å². The highest BCUT2D eigenvalue weighted by Crippen LogP contribution is 2.24. The van der Waals surface area contributed by atoms with Crippen molar-refractivity contribution in [3.63, 3.8) is 0 Å². The summed E-state index contributed by atoms with van der Waals surface area (Å²) in [5.41, 5.74) is 2.48. The van der Waals surface area contributed by atoms with Gasteiger partial charge in [0.05, 0.1) is 17.1 Å². The maximum atomic E-state index is 12.9. The number of sulfonamides is 1. The van der Waals surface area contributed by atoms with Crippen molar-refractivity contribution in [2.75, 3.05) is 40.3 Å². The zero-order chi connectivity index (χ0) is 23.6. The second-order valence-electron chi connectivity index (χ2n) is 8.01. The van der Waals surface area contributed by atoms with E-state index in [0.717, 1.165) is 40.2 Å². The van der Waals surface area contributed by atoms with E-state index in [9.17, 15) is 13.2 Å². The standard InChI is InChI=1S/C23H25ClN4O3S2/c1-26(2)33(30,31)20-9-5-18(6-10-20)23(29)28-13-11-27(12-14-28)15-22-25-21(16-32-22)17-3-7-19(24)8-4-17/h3-10,16H,11-15H2,1-2H3. The Bertz CT molecular complexity index is 1220. The Morgan fingerprint density at radius 2 is 1.67 bits per heavy atom. The number of rotatable bonds is 6. The van der Waals surface area contributed by atoms with Crippen molar-refractivity contribution >= 4 is 38.9 Å². The third-order valence-electron chi connectivity index (χ3n) is 5.59. The minimum Gasteiger partial charge on any atom is -0.336 e. The van der Waals surface area contributed by atoms with E-state index in [0.29, 0.717) is 23.7 Å². The van der Waals surface area contributed by atoms with Gasteiger partial charge in [-0.2, -0.15) is 0 Å². The van der Waals surface area contributed by atoms with Crippen LogP contribution in [0.4, 0.5) is 0 Å². The fourth-order valence-corrected chi connectivity index (χ4v) is 5.47. The minimum absolute atomic E-state index is 0.0808. The second kappa shape index (κ2) is 9.90. The van der Waals surface area contributed by atoms with Crippen LogP contribution >= 0.6 is 22.9 Å². The second-order valence-corrected chi connectivity index (χ2v) is 11.5.